The van der Waals surface area contributed by atoms with Crippen molar-refractivity contribution in [1.82, 2.24) is 10.2 Å². The molecule has 1 atom stereocenters. The monoisotopic (exact) mass is 217 g/mol. The van der Waals surface area contributed by atoms with Crippen LogP contribution >= 0.6 is 11.8 Å². The molecule has 3 N–H and O–H groups in total. The van der Waals surface area contributed by atoms with Gasteiger partial charge in [-0.2, -0.15) is 11.8 Å². The molecular weight excluding hydrogens is 198 g/mol. The van der Waals surface area contributed by atoms with Gasteiger partial charge < -0.3 is 11.1 Å². The quantitative estimate of drug-likeness (QED) is 0.666. The number of nitrogens with one attached hydrogen (secondary N) is 1. The van der Waals surface area contributed by atoms with Crippen molar-refractivity contribution in [2.45, 2.75) is 13.0 Å². The average molecular weight is 217 g/mol. The van der Waals surface area contributed by atoms with Gasteiger partial charge in [-0.25, -0.2) is 0 Å². The molecule has 1 saturated heterocycles. The van der Waals surface area contributed by atoms with Gasteiger partial charge in [-0.05, 0) is 6.92 Å². The lowest BCUT2D eigenvalue weighted by molar-refractivity contribution is -0.122. The second-order valence-corrected chi connectivity index (χ2v) is 4.76. The minimum absolute atomic E-state index is 0.0589. The smallest absolute Gasteiger partial charge is 0.236 e. The lowest BCUT2D eigenvalue weighted by Gasteiger charge is -2.26. The van der Waals surface area contributed by atoms with E-state index in [0.29, 0.717) is 6.54 Å². The zero-order chi connectivity index (χ0) is 10.4. The standard InChI is InChI=1S/C9H19N3OS/c1-8(10)9(13)11-2-3-12-4-6-14-7-5-12/h8H,2-7,10H2,1H3,(H,11,13). The van der Waals surface area contributed by atoms with Crippen molar-refractivity contribution >= 4 is 17.7 Å². The largest absolute Gasteiger partial charge is 0.353 e. The summed E-state index contributed by atoms with van der Waals surface area (Å²) < 4.78 is 0. The summed E-state index contributed by atoms with van der Waals surface area (Å²) >= 11 is 1.99. The van der Waals surface area contributed by atoms with Crippen LogP contribution in [0.4, 0.5) is 0 Å². The van der Waals surface area contributed by atoms with E-state index in [4.69, 9.17) is 5.73 Å². The zero-order valence-corrected chi connectivity index (χ0v) is 9.48. The molecule has 0 spiro atoms. The Balaban J connectivity index is 2.05. The lowest BCUT2D eigenvalue weighted by atomic mass is 10.3. The van der Waals surface area contributed by atoms with Gasteiger partial charge in [0, 0.05) is 37.7 Å². The summed E-state index contributed by atoms with van der Waals surface area (Å²) in [5, 5.41) is 2.82. The number of amides is 1. The van der Waals surface area contributed by atoms with Gasteiger partial charge in [-0.1, -0.05) is 0 Å². The highest BCUT2D eigenvalue weighted by atomic mass is 32.2. The molecule has 0 aliphatic carbocycles. The zero-order valence-electron chi connectivity index (χ0n) is 8.66. The van der Waals surface area contributed by atoms with Crippen LogP contribution in [0.2, 0.25) is 0 Å². The maximum Gasteiger partial charge on any atom is 0.236 e. The predicted molar refractivity (Wildman–Crippen MR) is 60.4 cm³/mol. The van der Waals surface area contributed by atoms with E-state index in [9.17, 15) is 4.79 Å². The van der Waals surface area contributed by atoms with Gasteiger partial charge in [0.25, 0.3) is 0 Å². The van der Waals surface area contributed by atoms with Gasteiger partial charge in [0.05, 0.1) is 6.04 Å². The van der Waals surface area contributed by atoms with Crippen LogP contribution in [0, 0.1) is 0 Å². The van der Waals surface area contributed by atoms with E-state index in [2.05, 4.69) is 10.2 Å². The Kier molecular flexibility index (Phi) is 5.29. The van der Waals surface area contributed by atoms with Gasteiger partial charge in [-0.15, -0.1) is 0 Å². The average Bonchev–Trinajstić information content (AvgIpc) is 2.19. The summed E-state index contributed by atoms with van der Waals surface area (Å²) in [6.45, 7) is 5.63. The Bertz CT molecular complexity index is 181. The number of rotatable bonds is 4. The summed E-state index contributed by atoms with van der Waals surface area (Å²) in [5.41, 5.74) is 5.43. The van der Waals surface area contributed by atoms with Crippen LogP contribution in [0.3, 0.4) is 0 Å². The van der Waals surface area contributed by atoms with Crippen molar-refractivity contribution in [2.75, 3.05) is 37.7 Å². The number of carbonyl (C=O) groups excluding carboxylic acids is 1. The number of hydrogen-bond acceptors (Lipinski definition) is 4. The number of thioether (sulfide) groups is 1. The van der Waals surface area contributed by atoms with Crippen LogP contribution in [0.25, 0.3) is 0 Å². The number of nitrogens with two attached hydrogens (primary N) is 1. The molecule has 1 fully saturated rings. The van der Waals surface area contributed by atoms with Crippen LogP contribution in [0.5, 0.6) is 0 Å². The highest BCUT2D eigenvalue weighted by Gasteiger charge is 2.11. The summed E-state index contributed by atoms with van der Waals surface area (Å²) in [6.07, 6.45) is 0. The number of hydrogen-bond donors (Lipinski definition) is 2. The Morgan fingerprint density at radius 3 is 2.79 bits per heavy atom. The van der Waals surface area contributed by atoms with Gasteiger partial charge in [-0.3, -0.25) is 9.69 Å². The van der Waals surface area contributed by atoms with Gasteiger partial charge >= 0.3 is 0 Å². The van der Waals surface area contributed by atoms with E-state index in [0.717, 1.165) is 19.6 Å². The third-order valence-corrected chi connectivity index (χ3v) is 3.19. The van der Waals surface area contributed by atoms with Crippen molar-refractivity contribution in [3.05, 3.63) is 0 Å². The number of carbonyl (C=O) groups is 1. The molecule has 14 heavy (non-hydrogen) atoms. The van der Waals surface area contributed by atoms with Crippen molar-refractivity contribution in [3.63, 3.8) is 0 Å². The summed E-state index contributed by atoms with van der Waals surface area (Å²) in [7, 11) is 0. The fourth-order valence-electron chi connectivity index (χ4n) is 1.32. The second-order valence-electron chi connectivity index (χ2n) is 3.53. The normalized spacial score (nSPS) is 20.4. The first-order valence-corrected chi connectivity index (χ1v) is 6.19. The predicted octanol–water partition coefficient (Wildman–Crippen LogP) is -0.501. The molecule has 0 saturated carbocycles. The second kappa shape index (κ2) is 6.27. The highest BCUT2D eigenvalue weighted by Crippen LogP contribution is 2.07. The molecule has 82 valence electrons. The van der Waals surface area contributed by atoms with Crippen LogP contribution in [0.15, 0.2) is 0 Å². The minimum atomic E-state index is -0.396. The van der Waals surface area contributed by atoms with E-state index in [1.54, 1.807) is 6.92 Å². The topological polar surface area (TPSA) is 58.4 Å². The molecule has 1 aliphatic heterocycles. The Morgan fingerprint density at radius 2 is 2.21 bits per heavy atom. The Hall–Kier alpha value is -0.260. The molecule has 1 aliphatic rings. The van der Waals surface area contributed by atoms with Crippen molar-refractivity contribution in [3.8, 4) is 0 Å². The molecule has 1 amide bonds. The van der Waals surface area contributed by atoms with E-state index >= 15 is 0 Å². The summed E-state index contributed by atoms with van der Waals surface area (Å²) in [4.78, 5) is 13.5. The van der Waals surface area contributed by atoms with Crippen LogP contribution in [0.1, 0.15) is 6.92 Å². The molecule has 1 unspecified atom stereocenters. The number of nitrogens with zero attached hydrogens (tertiary/aromatic N) is 1. The lowest BCUT2D eigenvalue weighted by Crippen LogP contribution is -2.43. The van der Waals surface area contributed by atoms with Gasteiger partial charge in [0.1, 0.15) is 0 Å². The highest BCUT2D eigenvalue weighted by molar-refractivity contribution is 7.99. The van der Waals surface area contributed by atoms with Crippen LogP contribution < -0.4 is 11.1 Å². The van der Waals surface area contributed by atoms with E-state index in [1.807, 2.05) is 11.8 Å². The van der Waals surface area contributed by atoms with Crippen LogP contribution in [-0.4, -0.2) is 54.5 Å². The minimum Gasteiger partial charge on any atom is -0.353 e. The summed E-state index contributed by atoms with van der Waals surface area (Å²) in [5.74, 6) is 2.36. The SMILES string of the molecule is CC(N)C(=O)NCCN1CCSCC1. The fourth-order valence-corrected chi connectivity index (χ4v) is 2.30. The fraction of sp³-hybridized carbons (Fsp3) is 0.889. The van der Waals surface area contributed by atoms with E-state index in [1.165, 1.54) is 11.5 Å². The molecule has 1 heterocycles. The van der Waals surface area contributed by atoms with Gasteiger partial charge in [0.15, 0.2) is 0 Å². The Morgan fingerprint density at radius 1 is 1.57 bits per heavy atom. The van der Waals surface area contributed by atoms with Crippen molar-refractivity contribution in [1.29, 1.82) is 0 Å². The molecule has 0 aromatic heterocycles. The van der Waals surface area contributed by atoms with Crippen molar-refractivity contribution < 1.29 is 4.79 Å². The van der Waals surface area contributed by atoms with E-state index < -0.39 is 6.04 Å². The molecule has 4 nitrogen and oxygen atoms in total. The van der Waals surface area contributed by atoms with Gasteiger partial charge in [0.2, 0.25) is 5.91 Å². The van der Waals surface area contributed by atoms with Crippen LogP contribution in [-0.2, 0) is 4.79 Å². The Labute approximate surface area is 89.6 Å². The first kappa shape index (κ1) is 11.8. The molecule has 0 radical (unpaired) electrons. The maximum absolute atomic E-state index is 11.1. The van der Waals surface area contributed by atoms with Crippen molar-refractivity contribution in [2.24, 2.45) is 5.73 Å². The molecule has 0 aromatic rings. The molecule has 5 heteroatoms. The first-order chi connectivity index (χ1) is 6.70. The van der Waals surface area contributed by atoms with E-state index in [-0.39, 0.29) is 5.91 Å². The third-order valence-electron chi connectivity index (χ3n) is 2.24. The summed E-state index contributed by atoms with van der Waals surface area (Å²) in [6, 6.07) is -0.396. The first-order valence-electron chi connectivity index (χ1n) is 5.03. The molecular formula is C9H19N3OS. The maximum atomic E-state index is 11.1. The molecule has 1 rings (SSSR count). The molecule has 0 aromatic carbocycles. The third kappa shape index (κ3) is 4.30. The molecule has 0 bridgehead atoms.